The summed E-state index contributed by atoms with van der Waals surface area (Å²) in [5.41, 5.74) is 7.71. The summed E-state index contributed by atoms with van der Waals surface area (Å²) in [5.74, 6) is 0.844. The van der Waals surface area contributed by atoms with Crippen LogP contribution in [-0.2, 0) is 0 Å². The second kappa shape index (κ2) is 5.20. The third-order valence-electron chi connectivity index (χ3n) is 1.84. The summed E-state index contributed by atoms with van der Waals surface area (Å²) in [6.07, 6.45) is 0. The van der Waals surface area contributed by atoms with Gasteiger partial charge in [0.25, 0.3) is 0 Å². The Balaban J connectivity index is 0.000000845. The van der Waals surface area contributed by atoms with Crippen LogP contribution in [0.3, 0.4) is 0 Å². The first-order valence-corrected chi connectivity index (χ1v) is 3.97. The number of nitrogens with zero attached hydrogens (tertiary/aromatic N) is 1. The zero-order valence-corrected chi connectivity index (χ0v) is 9.36. The molecule has 0 amide bonds. The number of aromatic amines is 1. The summed E-state index contributed by atoms with van der Waals surface area (Å²) in [7, 11) is 0. The van der Waals surface area contributed by atoms with E-state index in [9.17, 15) is 0 Å². The van der Waals surface area contributed by atoms with Gasteiger partial charge in [0, 0.05) is 0 Å². The molecule has 1 heterocycles. The number of para-hydroxylation sites is 2. The Bertz CT molecular complexity index is 365. The van der Waals surface area contributed by atoms with E-state index in [1.165, 1.54) is 0 Å². The number of nitrogens with two attached hydrogens (primary N) is 1. The van der Waals surface area contributed by atoms with E-state index >= 15 is 0 Å². The number of benzene rings is 1. The fraction of sp³-hybridized carbons (Fsp3) is 0.222. The van der Waals surface area contributed by atoms with E-state index in [1.54, 1.807) is 0 Å². The van der Waals surface area contributed by atoms with Crippen molar-refractivity contribution in [3.8, 4) is 0 Å². The van der Waals surface area contributed by atoms with Crippen molar-refractivity contribution in [2.75, 3.05) is 0 Å². The van der Waals surface area contributed by atoms with Crippen LogP contribution in [0.25, 0.3) is 11.0 Å². The fourth-order valence-corrected chi connectivity index (χ4v) is 1.19. The van der Waals surface area contributed by atoms with Gasteiger partial charge in [0.2, 0.25) is 0 Å². The van der Waals surface area contributed by atoms with Crippen LogP contribution in [0.2, 0.25) is 0 Å². The van der Waals surface area contributed by atoms with Crippen LogP contribution in [0.5, 0.6) is 0 Å². The first-order valence-electron chi connectivity index (χ1n) is 3.97. The van der Waals surface area contributed by atoms with Crippen molar-refractivity contribution in [2.45, 2.75) is 13.0 Å². The molecular weight excluding hydrogens is 221 g/mol. The van der Waals surface area contributed by atoms with E-state index in [2.05, 4.69) is 9.97 Å². The lowest BCUT2D eigenvalue weighted by atomic mass is 10.3. The maximum atomic E-state index is 5.68. The van der Waals surface area contributed by atoms with Gasteiger partial charge >= 0.3 is 0 Å². The van der Waals surface area contributed by atoms with Gasteiger partial charge in [-0.15, -0.1) is 24.8 Å². The van der Waals surface area contributed by atoms with Gasteiger partial charge in [-0.05, 0) is 19.1 Å². The molecule has 0 bridgehead atoms. The molecule has 0 aliphatic rings. The molecule has 5 heteroatoms. The topological polar surface area (TPSA) is 54.7 Å². The maximum Gasteiger partial charge on any atom is 0.123 e. The average Bonchev–Trinajstić information content (AvgIpc) is 2.46. The Hall–Kier alpha value is -0.770. The van der Waals surface area contributed by atoms with Crippen molar-refractivity contribution in [2.24, 2.45) is 5.73 Å². The van der Waals surface area contributed by atoms with E-state index in [-0.39, 0.29) is 30.9 Å². The normalized spacial score (nSPS) is 11.6. The minimum Gasteiger partial charge on any atom is -0.341 e. The minimum atomic E-state index is -0.0302. The van der Waals surface area contributed by atoms with Crippen molar-refractivity contribution in [3.05, 3.63) is 30.1 Å². The van der Waals surface area contributed by atoms with Gasteiger partial charge in [-0.1, -0.05) is 12.1 Å². The van der Waals surface area contributed by atoms with Crippen molar-refractivity contribution in [1.29, 1.82) is 0 Å². The van der Waals surface area contributed by atoms with Gasteiger partial charge in [0.05, 0.1) is 17.1 Å². The molecule has 0 saturated carbocycles. The molecule has 14 heavy (non-hydrogen) atoms. The standard InChI is InChI=1S/C9H11N3.2ClH/c1-6(10)9-11-7-4-2-3-5-8(7)12-9;;/h2-6H,10H2,1H3,(H,11,12);2*1H/t6-;;/m1../s1. The van der Waals surface area contributed by atoms with E-state index in [0.29, 0.717) is 0 Å². The highest BCUT2D eigenvalue weighted by atomic mass is 35.5. The summed E-state index contributed by atoms with van der Waals surface area (Å²) in [6.45, 7) is 1.91. The van der Waals surface area contributed by atoms with E-state index < -0.39 is 0 Å². The van der Waals surface area contributed by atoms with Crippen LogP contribution in [-0.4, -0.2) is 9.97 Å². The predicted molar refractivity (Wildman–Crippen MR) is 63.2 cm³/mol. The number of hydrogen-bond acceptors (Lipinski definition) is 2. The van der Waals surface area contributed by atoms with Crippen LogP contribution >= 0.6 is 24.8 Å². The monoisotopic (exact) mass is 233 g/mol. The number of aromatic nitrogens is 2. The zero-order valence-electron chi connectivity index (χ0n) is 7.73. The summed E-state index contributed by atoms with van der Waals surface area (Å²) in [6, 6.07) is 7.88. The van der Waals surface area contributed by atoms with Gasteiger partial charge in [-0.25, -0.2) is 4.98 Å². The lowest BCUT2D eigenvalue weighted by Gasteiger charge is -1.96. The van der Waals surface area contributed by atoms with Crippen LogP contribution in [0.15, 0.2) is 24.3 Å². The molecule has 0 aliphatic carbocycles. The Morgan fingerprint density at radius 3 is 2.50 bits per heavy atom. The lowest BCUT2D eigenvalue weighted by Crippen LogP contribution is -2.06. The Labute approximate surface area is 94.9 Å². The highest BCUT2D eigenvalue weighted by Gasteiger charge is 2.04. The summed E-state index contributed by atoms with van der Waals surface area (Å²) in [4.78, 5) is 7.49. The Kier molecular flexibility index (Phi) is 4.91. The molecule has 0 spiro atoms. The summed E-state index contributed by atoms with van der Waals surface area (Å²) in [5, 5.41) is 0. The number of halogens is 2. The van der Waals surface area contributed by atoms with Gasteiger partial charge < -0.3 is 10.7 Å². The second-order valence-corrected chi connectivity index (χ2v) is 2.93. The molecule has 0 radical (unpaired) electrons. The third-order valence-corrected chi connectivity index (χ3v) is 1.84. The van der Waals surface area contributed by atoms with Gasteiger partial charge in [0.15, 0.2) is 0 Å². The van der Waals surface area contributed by atoms with Gasteiger partial charge in [0.1, 0.15) is 5.82 Å². The van der Waals surface area contributed by atoms with Gasteiger partial charge in [-0.2, -0.15) is 0 Å². The fourth-order valence-electron chi connectivity index (χ4n) is 1.19. The highest BCUT2D eigenvalue weighted by Crippen LogP contribution is 2.13. The number of nitrogens with one attached hydrogen (secondary N) is 1. The molecule has 2 rings (SSSR count). The van der Waals surface area contributed by atoms with E-state index in [4.69, 9.17) is 5.73 Å². The molecule has 3 N–H and O–H groups in total. The number of imidazole rings is 1. The van der Waals surface area contributed by atoms with Gasteiger partial charge in [-0.3, -0.25) is 0 Å². The van der Waals surface area contributed by atoms with Crippen molar-refractivity contribution in [1.82, 2.24) is 9.97 Å². The molecule has 1 aromatic carbocycles. The number of H-pyrrole nitrogens is 1. The van der Waals surface area contributed by atoms with Crippen molar-refractivity contribution < 1.29 is 0 Å². The minimum absolute atomic E-state index is 0. The third kappa shape index (κ3) is 2.38. The molecule has 1 atom stereocenters. The van der Waals surface area contributed by atoms with Crippen molar-refractivity contribution >= 4 is 35.8 Å². The molecule has 2 aromatic rings. The number of hydrogen-bond donors (Lipinski definition) is 2. The zero-order chi connectivity index (χ0) is 8.55. The SMILES string of the molecule is C[C@@H](N)c1nc2ccccc2[nH]1.Cl.Cl. The second-order valence-electron chi connectivity index (χ2n) is 2.93. The average molecular weight is 234 g/mol. The first kappa shape index (κ1) is 13.2. The quantitative estimate of drug-likeness (QED) is 0.796. The van der Waals surface area contributed by atoms with Crippen LogP contribution in [0.1, 0.15) is 18.8 Å². The van der Waals surface area contributed by atoms with Crippen LogP contribution < -0.4 is 5.73 Å². The van der Waals surface area contributed by atoms with Crippen molar-refractivity contribution in [3.63, 3.8) is 0 Å². The van der Waals surface area contributed by atoms with Crippen LogP contribution in [0.4, 0.5) is 0 Å². The van der Waals surface area contributed by atoms with Crippen LogP contribution in [0, 0.1) is 0 Å². The molecule has 78 valence electrons. The highest BCUT2D eigenvalue weighted by molar-refractivity contribution is 5.85. The largest absolute Gasteiger partial charge is 0.341 e. The molecule has 0 unspecified atom stereocenters. The van der Waals surface area contributed by atoms with E-state index in [1.807, 2.05) is 31.2 Å². The molecular formula is C9H13Cl2N3. The molecule has 0 aliphatic heterocycles. The Morgan fingerprint density at radius 2 is 1.93 bits per heavy atom. The van der Waals surface area contributed by atoms with E-state index in [0.717, 1.165) is 16.9 Å². The maximum absolute atomic E-state index is 5.68. The summed E-state index contributed by atoms with van der Waals surface area (Å²) >= 11 is 0. The number of fused-ring (bicyclic) bond motifs is 1. The Morgan fingerprint density at radius 1 is 1.29 bits per heavy atom. The predicted octanol–water partition coefficient (Wildman–Crippen LogP) is 2.43. The lowest BCUT2D eigenvalue weighted by molar-refractivity contribution is 0.760. The smallest absolute Gasteiger partial charge is 0.123 e. The first-order chi connectivity index (χ1) is 5.77. The number of rotatable bonds is 1. The molecule has 1 aromatic heterocycles. The summed E-state index contributed by atoms with van der Waals surface area (Å²) < 4.78 is 0. The molecule has 0 saturated heterocycles. The molecule has 3 nitrogen and oxygen atoms in total. The molecule has 0 fully saturated rings.